The Bertz CT molecular complexity index is 385. The molecule has 0 unspecified atom stereocenters. The fourth-order valence-corrected chi connectivity index (χ4v) is 0.639. The summed E-state index contributed by atoms with van der Waals surface area (Å²) in [7, 11) is 1.71. The van der Waals surface area contributed by atoms with Crippen molar-refractivity contribution in [1.82, 2.24) is 20.5 Å². The van der Waals surface area contributed by atoms with Crippen molar-refractivity contribution in [3.05, 3.63) is 11.6 Å². The van der Waals surface area contributed by atoms with Crippen molar-refractivity contribution in [2.75, 3.05) is 7.11 Å². The lowest BCUT2D eigenvalue weighted by atomic mass is 10.2. The monoisotopic (exact) mass is 282 g/mol. The van der Waals surface area contributed by atoms with Crippen molar-refractivity contribution in [3.8, 4) is 0 Å². The van der Waals surface area contributed by atoms with Crippen LogP contribution in [0.5, 0.6) is 0 Å². The van der Waals surface area contributed by atoms with E-state index in [9.17, 15) is 18.0 Å². The lowest BCUT2D eigenvalue weighted by molar-refractivity contribution is -0.144. The summed E-state index contributed by atoms with van der Waals surface area (Å²) in [5, 5.41) is 7.12. The number of carbonyl (C=O) groups is 1. The van der Waals surface area contributed by atoms with Gasteiger partial charge in [0.25, 0.3) is 5.82 Å². The highest BCUT2D eigenvalue weighted by atomic mass is 19.4. The zero-order valence-corrected chi connectivity index (χ0v) is 11.1. The van der Waals surface area contributed by atoms with Crippen molar-refractivity contribution in [2.24, 2.45) is 0 Å². The maximum absolute atomic E-state index is 11.9. The fraction of sp³-hybridized carbons (Fsp3) is 0.700. The van der Waals surface area contributed by atoms with Crippen LogP contribution < -0.4 is 5.32 Å². The predicted octanol–water partition coefficient (Wildman–Crippen LogP) is 1.50. The number of hydrogen-bond acceptors (Lipinski definition) is 4. The topological polar surface area (TPSA) is 79.9 Å². The van der Waals surface area contributed by atoms with Gasteiger partial charge in [0.15, 0.2) is 0 Å². The first-order valence-corrected chi connectivity index (χ1v) is 5.31. The highest BCUT2D eigenvalue weighted by Gasteiger charge is 2.35. The van der Waals surface area contributed by atoms with E-state index in [1.165, 1.54) is 0 Å². The molecule has 1 amide bonds. The molecule has 6 nitrogen and oxygen atoms in total. The molecule has 1 heterocycles. The molecule has 19 heavy (non-hydrogen) atoms. The van der Waals surface area contributed by atoms with Crippen LogP contribution >= 0.6 is 0 Å². The molecule has 9 heteroatoms. The van der Waals surface area contributed by atoms with Gasteiger partial charge in [-0.25, -0.2) is 4.98 Å². The Morgan fingerprint density at radius 3 is 2.21 bits per heavy atom. The van der Waals surface area contributed by atoms with Crippen LogP contribution in [0.4, 0.5) is 13.2 Å². The Hall–Kier alpha value is -1.64. The molecule has 1 rings (SSSR count). The number of aromatic nitrogens is 3. The zero-order chi connectivity index (χ0) is 15.1. The molecule has 1 aromatic heterocycles. The van der Waals surface area contributed by atoms with Gasteiger partial charge < -0.3 is 10.1 Å². The number of halogens is 3. The Labute approximate surface area is 108 Å². The summed E-state index contributed by atoms with van der Waals surface area (Å²) in [4.78, 5) is 12.9. The molecule has 2 N–H and O–H groups in total. The number of methoxy groups -OCH3 is 1. The second-order valence-electron chi connectivity index (χ2n) is 4.42. The van der Waals surface area contributed by atoms with Crippen LogP contribution in [0.25, 0.3) is 0 Å². The van der Waals surface area contributed by atoms with Crippen LogP contribution in [-0.4, -0.2) is 34.3 Å². The SMILES string of the molecule is COC(C)(C)C.O=CNCc1nc(C(F)(F)F)n[nH]1. The highest BCUT2D eigenvalue weighted by molar-refractivity contribution is 5.45. The van der Waals surface area contributed by atoms with Crippen LogP contribution in [0.3, 0.4) is 0 Å². The largest absolute Gasteiger partial charge is 0.453 e. The van der Waals surface area contributed by atoms with Gasteiger partial charge in [-0.1, -0.05) is 0 Å². The number of hydrogen-bond donors (Lipinski definition) is 2. The van der Waals surface area contributed by atoms with Gasteiger partial charge >= 0.3 is 6.18 Å². The van der Waals surface area contributed by atoms with E-state index in [0.717, 1.165) is 0 Å². The van der Waals surface area contributed by atoms with Crippen molar-refractivity contribution in [3.63, 3.8) is 0 Å². The minimum absolute atomic E-state index is 0.0417. The van der Waals surface area contributed by atoms with Crippen LogP contribution in [0.15, 0.2) is 0 Å². The second-order valence-corrected chi connectivity index (χ2v) is 4.42. The third-order valence-corrected chi connectivity index (χ3v) is 1.75. The minimum Gasteiger partial charge on any atom is -0.379 e. The van der Waals surface area contributed by atoms with Gasteiger partial charge in [-0.2, -0.15) is 13.2 Å². The summed E-state index contributed by atoms with van der Waals surface area (Å²) in [5.41, 5.74) is 0.0417. The lowest BCUT2D eigenvalue weighted by Gasteiger charge is -2.14. The summed E-state index contributed by atoms with van der Waals surface area (Å²) < 4.78 is 40.6. The average molecular weight is 282 g/mol. The van der Waals surface area contributed by atoms with E-state index in [-0.39, 0.29) is 18.0 Å². The molecule has 0 atom stereocenters. The van der Waals surface area contributed by atoms with Crippen molar-refractivity contribution < 1.29 is 22.7 Å². The summed E-state index contributed by atoms with van der Waals surface area (Å²) in [6.07, 6.45) is -4.20. The maximum atomic E-state index is 11.9. The number of alkyl halides is 3. The summed E-state index contributed by atoms with van der Waals surface area (Å²) in [6.45, 7) is 5.96. The molecule has 0 fully saturated rings. The van der Waals surface area contributed by atoms with Gasteiger partial charge in [0.1, 0.15) is 5.82 Å². The van der Waals surface area contributed by atoms with Gasteiger partial charge in [0.05, 0.1) is 12.1 Å². The molecule has 0 spiro atoms. The van der Waals surface area contributed by atoms with E-state index in [2.05, 4.69) is 15.4 Å². The van der Waals surface area contributed by atoms with Gasteiger partial charge in [0.2, 0.25) is 6.41 Å². The Kier molecular flexibility index (Phi) is 6.46. The molecule has 0 bridgehead atoms. The molecule has 0 radical (unpaired) electrons. The quantitative estimate of drug-likeness (QED) is 0.823. The van der Waals surface area contributed by atoms with Crippen LogP contribution in [-0.2, 0) is 22.3 Å². The normalized spacial score (nSPS) is 11.5. The Balaban J connectivity index is 0.000000459. The van der Waals surface area contributed by atoms with Gasteiger partial charge in [-0.05, 0) is 20.8 Å². The number of carbonyl (C=O) groups excluding carboxylic acids is 1. The Morgan fingerprint density at radius 2 is 1.89 bits per heavy atom. The van der Waals surface area contributed by atoms with Gasteiger partial charge in [-0.3, -0.25) is 9.89 Å². The average Bonchev–Trinajstić information content (AvgIpc) is 2.74. The number of aromatic amines is 1. The van der Waals surface area contributed by atoms with E-state index < -0.39 is 12.0 Å². The van der Waals surface area contributed by atoms with Gasteiger partial charge in [0, 0.05) is 7.11 Å². The van der Waals surface area contributed by atoms with Crippen LogP contribution in [0, 0.1) is 0 Å². The van der Waals surface area contributed by atoms with Crippen LogP contribution in [0.2, 0.25) is 0 Å². The molecule has 1 aromatic rings. The minimum atomic E-state index is -4.56. The van der Waals surface area contributed by atoms with E-state index in [1.54, 1.807) is 7.11 Å². The third kappa shape index (κ3) is 8.14. The molecule has 0 saturated heterocycles. The summed E-state index contributed by atoms with van der Waals surface area (Å²) in [6, 6.07) is 0. The predicted molar refractivity (Wildman–Crippen MR) is 61.1 cm³/mol. The smallest absolute Gasteiger partial charge is 0.379 e. The first-order chi connectivity index (χ1) is 8.60. The van der Waals surface area contributed by atoms with Crippen molar-refractivity contribution in [1.29, 1.82) is 0 Å². The van der Waals surface area contributed by atoms with E-state index in [4.69, 9.17) is 4.74 Å². The number of amides is 1. The van der Waals surface area contributed by atoms with E-state index >= 15 is 0 Å². The number of H-pyrrole nitrogens is 1. The van der Waals surface area contributed by atoms with E-state index in [0.29, 0.717) is 6.41 Å². The standard InChI is InChI=1S/C5H5F3N4O.C5H12O/c6-5(7,8)4-10-3(11-12-4)1-9-2-13;1-5(2,3)6-4/h2H,1H2,(H,9,13)(H,10,11,12);1-4H3. The number of rotatable bonds is 3. The summed E-state index contributed by atoms with van der Waals surface area (Å²) >= 11 is 0. The van der Waals surface area contributed by atoms with Crippen LogP contribution in [0.1, 0.15) is 32.4 Å². The molecule has 0 aliphatic rings. The third-order valence-electron chi connectivity index (χ3n) is 1.75. The van der Waals surface area contributed by atoms with E-state index in [1.807, 2.05) is 25.9 Å². The molecule has 0 aliphatic heterocycles. The maximum Gasteiger partial charge on any atom is 0.453 e. The summed E-state index contributed by atoms with van der Waals surface area (Å²) in [5.74, 6) is -1.28. The van der Waals surface area contributed by atoms with Gasteiger partial charge in [-0.15, -0.1) is 5.10 Å². The number of nitrogens with zero attached hydrogens (tertiary/aromatic N) is 2. The first-order valence-electron chi connectivity index (χ1n) is 5.31. The fourth-order valence-electron chi connectivity index (χ4n) is 0.639. The highest BCUT2D eigenvalue weighted by Crippen LogP contribution is 2.25. The number of ether oxygens (including phenoxy) is 1. The Morgan fingerprint density at radius 1 is 1.37 bits per heavy atom. The van der Waals surface area contributed by atoms with Crippen molar-refractivity contribution >= 4 is 6.41 Å². The molecular weight excluding hydrogens is 265 g/mol. The lowest BCUT2D eigenvalue weighted by Crippen LogP contribution is -2.15. The second kappa shape index (κ2) is 7.07. The van der Waals surface area contributed by atoms with Crippen molar-refractivity contribution in [2.45, 2.75) is 39.1 Å². The molecule has 0 aliphatic carbocycles. The molecule has 110 valence electrons. The zero-order valence-electron chi connectivity index (χ0n) is 11.1. The first kappa shape index (κ1) is 17.4. The molecule has 0 saturated carbocycles. The number of nitrogens with one attached hydrogen (secondary N) is 2. The molecular formula is C10H17F3N4O2. The molecule has 0 aromatic carbocycles.